The fourth-order valence-corrected chi connectivity index (χ4v) is 1.31. The predicted molar refractivity (Wildman–Crippen MR) is 54.2 cm³/mol. The van der Waals surface area contributed by atoms with Crippen LogP contribution >= 0.6 is 0 Å². The van der Waals surface area contributed by atoms with E-state index in [9.17, 15) is 9.50 Å². The van der Waals surface area contributed by atoms with E-state index in [-0.39, 0.29) is 11.6 Å². The molecule has 1 N–H and O–H groups in total. The fourth-order valence-electron chi connectivity index (χ4n) is 1.31. The largest absolute Gasteiger partial charge is 0.507 e. The van der Waals surface area contributed by atoms with E-state index in [2.05, 4.69) is 0 Å². The fraction of sp³-hybridized carbons (Fsp3) is 0. The van der Waals surface area contributed by atoms with Crippen molar-refractivity contribution in [1.82, 2.24) is 0 Å². The molecule has 1 aromatic carbocycles. The van der Waals surface area contributed by atoms with Crippen molar-refractivity contribution in [1.29, 1.82) is 0 Å². The summed E-state index contributed by atoms with van der Waals surface area (Å²) in [5.41, 5.74) is 1.37. The van der Waals surface area contributed by atoms with Gasteiger partial charge in [0.25, 0.3) is 0 Å². The zero-order valence-corrected chi connectivity index (χ0v) is 7.44. The van der Waals surface area contributed by atoms with Crippen LogP contribution in [0.3, 0.4) is 0 Å². The Hall–Kier alpha value is -1.83. The Balaban J connectivity index is 2.40. The molecule has 0 fully saturated rings. The normalized spacial score (nSPS) is 13.6. The summed E-state index contributed by atoms with van der Waals surface area (Å²) in [4.78, 5) is 0. The van der Waals surface area contributed by atoms with Gasteiger partial charge in [-0.15, -0.1) is 0 Å². The lowest BCUT2D eigenvalue weighted by molar-refractivity contribution is 0.509. The van der Waals surface area contributed by atoms with Gasteiger partial charge in [-0.2, -0.15) is 0 Å². The number of benzene rings is 1. The molecular formula is C12H9FO. The van der Waals surface area contributed by atoms with Crippen molar-refractivity contribution in [3.05, 3.63) is 65.5 Å². The number of aliphatic hydroxyl groups is 1. The number of hydrogen-bond acceptors (Lipinski definition) is 1. The molecule has 2 heteroatoms. The molecule has 1 aromatic rings. The third kappa shape index (κ3) is 1.59. The lowest BCUT2D eigenvalue weighted by Crippen LogP contribution is -1.86. The highest BCUT2D eigenvalue weighted by Gasteiger charge is 2.04. The molecule has 0 bridgehead atoms. The Morgan fingerprint density at radius 1 is 1.00 bits per heavy atom. The van der Waals surface area contributed by atoms with E-state index in [0.717, 1.165) is 5.57 Å². The van der Waals surface area contributed by atoms with Crippen molar-refractivity contribution >= 4 is 5.76 Å². The Labute approximate surface area is 81.5 Å². The van der Waals surface area contributed by atoms with Gasteiger partial charge in [-0.25, -0.2) is 4.39 Å². The lowest BCUT2D eigenvalue weighted by atomic mass is 10.1. The SMILES string of the molecule is OC(=C1C=CC=C1)c1ccc(F)cc1. The van der Waals surface area contributed by atoms with Gasteiger partial charge in [0.2, 0.25) is 0 Å². The van der Waals surface area contributed by atoms with E-state index >= 15 is 0 Å². The van der Waals surface area contributed by atoms with E-state index < -0.39 is 0 Å². The molecule has 0 spiro atoms. The van der Waals surface area contributed by atoms with Crippen LogP contribution in [0.15, 0.2) is 54.1 Å². The maximum Gasteiger partial charge on any atom is 0.130 e. The Morgan fingerprint density at radius 2 is 1.57 bits per heavy atom. The van der Waals surface area contributed by atoms with Crippen LogP contribution in [0.4, 0.5) is 4.39 Å². The van der Waals surface area contributed by atoms with Crippen molar-refractivity contribution in [2.24, 2.45) is 0 Å². The molecule has 1 aliphatic carbocycles. The quantitative estimate of drug-likeness (QED) is 0.671. The van der Waals surface area contributed by atoms with Crippen LogP contribution in [0.5, 0.6) is 0 Å². The van der Waals surface area contributed by atoms with Crippen LogP contribution < -0.4 is 0 Å². The molecule has 0 saturated heterocycles. The molecule has 0 saturated carbocycles. The van der Waals surface area contributed by atoms with Crippen molar-refractivity contribution in [3.8, 4) is 0 Å². The number of hydrogen-bond donors (Lipinski definition) is 1. The Kier molecular flexibility index (Phi) is 2.19. The van der Waals surface area contributed by atoms with E-state index in [1.165, 1.54) is 12.1 Å². The minimum Gasteiger partial charge on any atom is -0.507 e. The molecule has 0 radical (unpaired) electrons. The van der Waals surface area contributed by atoms with Gasteiger partial charge in [0.05, 0.1) is 0 Å². The lowest BCUT2D eigenvalue weighted by Gasteiger charge is -2.01. The number of halogens is 1. The summed E-state index contributed by atoms with van der Waals surface area (Å²) >= 11 is 0. The molecule has 0 heterocycles. The molecule has 0 atom stereocenters. The molecule has 2 rings (SSSR count). The molecule has 1 nitrogen and oxygen atoms in total. The van der Waals surface area contributed by atoms with Crippen LogP contribution in [0.25, 0.3) is 5.76 Å². The predicted octanol–water partition coefficient (Wildman–Crippen LogP) is 3.22. The molecule has 0 unspecified atom stereocenters. The molecule has 70 valence electrons. The van der Waals surface area contributed by atoms with Crippen LogP contribution in [-0.4, -0.2) is 5.11 Å². The van der Waals surface area contributed by atoms with Crippen molar-refractivity contribution in [2.75, 3.05) is 0 Å². The molecule has 0 aliphatic heterocycles. The average Bonchev–Trinajstić information content (AvgIpc) is 2.71. The number of aliphatic hydroxyl groups excluding tert-OH is 1. The zero-order chi connectivity index (χ0) is 9.97. The van der Waals surface area contributed by atoms with Crippen molar-refractivity contribution in [3.63, 3.8) is 0 Å². The van der Waals surface area contributed by atoms with Gasteiger partial charge in [-0.05, 0) is 24.3 Å². The highest BCUT2D eigenvalue weighted by atomic mass is 19.1. The van der Waals surface area contributed by atoms with Gasteiger partial charge < -0.3 is 5.11 Å². The monoisotopic (exact) mass is 188 g/mol. The summed E-state index contributed by atoms with van der Waals surface area (Å²) in [5, 5.41) is 9.77. The number of allylic oxidation sites excluding steroid dienone is 5. The van der Waals surface area contributed by atoms with Gasteiger partial charge in [-0.1, -0.05) is 24.3 Å². The van der Waals surface area contributed by atoms with Gasteiger partial charge >= 0.3 is 0 Å². The maximum atomic E-state index is 12.6. The standard InChI is InChI=1S/C12H9FO/c13-11-7-5-10(6-8-11)12(14)9-3-1-2-4-9/h1-8,14H. The first kappa shape index (κ1) is 8.75. The van der Waals surface area contributed by atoms with Crippen molar-refractivity contribution < 1.29 is 9.50 Å². The van der Waals surface area contributed by atoms with Gasteiger partial charge in [0, 0.05) is 11.1 Å². The second kappa shape index (κ2) is 3.50. The second-order valence-electron chi connectivity index (χ2n) is 3.03. The first-order valence-corrected chi connectivity index (χ1v) is 4.31. The Morgan fingerprint density at radius 3 is 2.14 bits per heavy atom. The first-order chi connectivity index (χ1) is 6.77. The summed E-state index contributed by atoms with van der Waals surface area (Å²) in [6, 6.07) is 5.76. The van der Waals surface area contributed by atoms with Crippen LogP contribution in [0, 0.1) is 5.82 Å². The van der Waals surface area contributed by atoms with Crippen LogP contribution in [-0.2, 0) is 0 Å². The average molecular weight is 188 g/mol. The summed E-state index contributed by atoms with van der Waals surface area (Å²) < 4.78 is 12.6. The smallest absolute Gasteiger partial charge is 0.130 e. The third-order valence-corrected chi connectivity index (χ3v) is 2.05. The van der Waals surface area contributed by atoms with E-state index in [4.69, 9.17) is 0 Å². The van der Waals surface area contributed by atoms with Gasteiger partial charge in [-0.3, -0.25) is 0 Å². The number of rotatable bonds is 1. The van der Waals surface area contributed by atoms with Crippen LogP contribution in [0.1, 0.15) is 5.56 Å². The first-order valence-electron chi connectivity index (χ1n) is 4.31. The highest BCUT2D eigenvalue weighted by molar-refractivity contribution is 5.68. The van der Waals surface area contributed by atoms with Gasteiger partial charge in [0.15, 0.2) is 0 Å². The van der Waals surface area contributed by atoms with E-state index in [1.807, 2.05) is 12.2 Å². The molecule has 1 aliphatic rings. The van der Waals surface area contributed by atoms with Gasteiger partial charge in [0.1, 0.15) is 11.6 Å². The minimum atomic E-state index is -0.302. The molecule has 0 aromatic heterocycles. The summed E-state index contributed by atoms with van der Waals surface area (Å²) in [6.45, 7) is 0. The minimum absolute atomic E-state index is 0.176. The van der Waals surface area contributed by atoms with Crippen molar-refractivity contribution in [2.45, 2.75) is 0 Å². The highest BCUT2D eigenvalue weighted by Crippen LogP contribution is 2.20. The van der Waals surface area contributed by atoms with Crippen LogP contribution in [0.2, 0.25) is 0 Å². The van der Waals surface area contributed by atoms with E-state index in [1.54, 1.807) is 24.3 Å². The maximum absolute atomic E-state index is 12.6. The Bertz CT molecular complexity index is 410. The molecule has 0 amide bonds. The summed E-state index contributed by atoms with van der Waals surface area (Å²) in [5.74, 6) is -0.126. The summed E-state index contributed by atoms with van der Waals surface area (Å²) in [6.07, 6.45) is 7.29. The zero-order valence-electron chi connectivity index (χ0n) is 7.44. The topological polar surface area (TPSA) is 20.2 Å². The molecule has 14 heavy (non-hydrogen) atoms. The molecular weight excluding hydrogens is 179 g/mol. The third-order valence-electron chi connectivity index (χ3n) is 2.05. The second-order valence-corrected chi connectivity index (χ2v) is 3.03. The summed E-state index contributed by atoms with van der Waals surface area (Å²) in [7, 11) is 0. The van der Waals surface area contributed by atoms with E-state index in [0.29, 0.717) is 5.56 Å².